The minimum atomic E-state index is 0.651. The van der Waals surface area contributed by atoms with E-state index in [1.54, 1.807) is 6.33 Å². The molecule has 0 aliphatic rings. The Bertz CT molecular complexity index is 488. The van der Waals surface area contributed by atoms with E-state index in [0.29, 0.717) is 11.4 Å². The predicted molar refractivity (Wildman–Crippen MR) is 65.9 cm³/mol. The summed E-state index contributed by atoms with van der Waals surface area (Å²) in [7, 11) is 1.96. The molecule has 1 aromatic heterocycles. The predicted octanol–water partition coefficient (Wildman–Crippen LogP) is 1.37. The molecule has 0 saturated heterocycles. The van der Waals surface area contributed by atoms with E-state index in [1.807, 2.05) is 36.0 Å². The molecule has 0 fully saturated rings. The number of nitrogens with zero attached hydrogens (tertiary/aromatic N) is 2. The van der Waals surface area contributed by atoms with Gasteiger partial charge >= 0.3 is 0 Å². The van der Waals surface area contributed by atoms with Gasteiger partial charge in [-0.25, -0.2) is 4.98 Å². The molecule has 16 heavy (non-hydrogen) atoms. The third-order valence-corrected chi connectivity index (χ3v) is 2.64. The molecule has 2 rings (SSSR count). The molecule has 4 N–H and O–H groups in total. The van der Waals surface area contributed by atoms with Crippen molar-refractivity contribution in [2.75, 3.05) is 11.5 Å². The van der Waals surface area contributed by atoms with Crippen LogP contribution in [0.1, 0.15) is 11.3 Å². The number of benzene rings is 1. The number of nitrogen functional groups attached to an aromatic ring is 2. The highest BCUT2D eigenvalue weighted by molar-refractivity contribution is 5.67. The largest absolute Gasteiger partial charge is 0.397 e. The minimum absolute atomic E-state index is 0.651. The maximum absolute atomic E-state index is 5.90. The number of imidazole rings is 1. The van der Waals surface area contributed by atoms with Crippen molar-refractivity contribution in [3.8, 4) is 0 Å². The normalized spacial score (nSPS) is 10.6. The van der Waals surface area contributed by atoms with Crippen LogP contribution in [0.25, 0.3) is 0 Å². The summed E-state index contributed by atoms with van der Waals surface area (Å²) in [5.41, 5.74) is 15.2. The van der Waals surface area contributed by atoms with Crippen LogP contribution in [0.2, 0.25) is 0 Å². The lowest BCUT2D eigenvalue weighted by molar-refractivity contribution is 0.905. The Hall–Kier alpha value is -1.97. The molecule has 0 radical (unpaired) electrons. The van der Waals surface area contributed by atoms with Crippen LogP contribution < -0.4 is 11.5 Å². The monoisotopic (exact) mass is 216 g/mol. The summed E-state index contributed by atoms with van der Waals surface area (Å²) in [6.45, 7) is 0. The van der Waals surface area contributed by atoms with E-state index in [-0.39, 0.29) is 0 Å². The van der Waals surface area contributed by atoms with Crippen LogP contribution in [0, 0.1) is 0 Å². The molecule has 0 aliphatic heterocycles. The lowest BCUT2D eigenvalue weighted by Crippen LogP contribution is -2.01. The summed E-state index contributed by atoms with van der Waals surface area (Å²) in [6.07, 6.45) is 5.57. The summed E-state index contributed by atoms with van der Waals surface area (Å²) in [5.74, 6) is 0. The standard InChI is InChI=1S/C12H16N4/c1-16-7-10(15-8-16)6-5-9-3-2-4-11(13)12(9)14/h2-4,7-8H,5-6,13-14H2,1H3. The summed E-state index contributed by atoms with van der Waals surface area (Å²) in [5, 5.41) is 0. The highest BCUT2D eigenvalue weighted by Crippen LogP contribution is 2.20. The van der Waals surface area contributed by atoms with Crippen molar-refractivity contribution in [2.45, 2.75) is 12.8 Å². The zero-order valence-corrected chi connectivity index (χ0v) is 9.35. The van der Waals surface area contributed by atoms with Gasteiger partial charge in [0.1, 0.15) is 0 Å². The quantitative estimate of drug-likeness (QED) is 0.761. The summed E-state index contributed by atoms with van der Waals surface area (Å²) < 4.78 is 1.94. The average molecular weight is 216 g/mol. The molecule has 84 valence electrons. The van der Waals surface area contributed by atoms with E-state index >= 15 is 0 Å². The van der Waals surface area contributed by atoms with E-state index in [4.69, 9.17) is 11.5 Å². The van der Waals surface area contributed by atoms with Gasteiger partial charge in [0.2, 0.25) is 0 Å². The Balaban J connectivity index is 2.07. The molecule has 2 aromatic rings. The number of hydrogen-bond acceptors (Lipinski definition) is 3. The Morgan fingerprint density at radius 3 is 2.75 bits per heavy atom. The van der Waals surface area contributed by atoms with Crippen LogP contribution in [-0.2, 0) is 19.9 Å². The van der Waals surface area contributed by atoms with Crippen LogP contribution in [0.4, 0.5) is 11.4 Å². The average Bonchev–Trinajstić information content (AvgIpc) is 2.67. The molecule has 0 aliphatic carbocycles. The Kier molecular flexibility index (Phi) is 2.81. The Labute approximate surface area is 94.9 Å². The zero-order chi connectivity index (χ0) is 11.5. The molecule has 0 saturated carbocycles. The third-order valence-electron chi connectivity index (χ3n) is 2.64. The molecule has 4 heteroatoms. The van der Waals surface area contributed by atoms with Crippen molar-refractivity contribution < 1.29 is 0 Å². The number of para-hydroxylation sites is 1. The fraction of sp³-hybridized carbons (Fsp3) is 0.250. The van der Waals surface area contributed by atoms with Gasteiger partial charge in [-0.2, -0.15) is 0 Å². The topological polar surface area (TPSA) is 69.9 Å². The van der Waals surface area contributed by atoms with Crippen LogP contribution in [0.15, 0.2) is 30.7 Å². The van der Waals surface area contributed by atoms with Crippen molar-refractivity contribution in [1.29, 1.82) is 0 Å². The lowest BCUT2D eigenvalue weighted by atomic mass is 10.1. The van der Waals surface area contributed by atoms with E-state index in [9.17, 15) is 0 Å². The summed E-state index contributed by atoms with van der Waals surface area (Å²) >= 11 is 0. The van der Waals surface area contributed by atoms with Crippen molar-refractivity contribution in [3.05, 3.63) is 42.0 Å². The number of nitrogens with two attached hydrogens (primary N) is 2. The molecule has 0 spiro atoms. The second-order valence-electron chi connectivity index (χ2n) is 3.95. The van der Waals surface area contributed by atoms with Gasteiger partial charge < -0.3 is 16.0 Å². The molecule has 4 nitrogen and oxygen atoms in total. The van der Waals surface area contributed by atoms with Gasteiger partial charge in [0.25, 0.3) is 0 Å². The van der Waals surface area contributed by atoms with E-state index in [1.165, 1.54) is 0 Å². The Morgan fingerprint density at radius 1 is 1.25 bits per heavy atom. The van der Waals surface area contributed by atoms with Gasteiger partial charge in [-0.1, -0.05) is 12.1 Å². The number of anilines is 2. The van der Waals surface area contributed by atoms with Crippen LogP contribution in [-0.4, -0.2) is 9.55 Å². The van der Waals surface area contributed by atoms with Gasteiger partial charge in [-0.3, -0.25) is 0 Å². The maximum atomic E-state index is 5.90. The minimum Gasteiger partial charge on any atom is -0.397 e. The van der Waals surface area contributed by atoms with Crippen LogP contribution in [0.3, 0.4) is 0 Å². The molecule has 1 aromatic carbocycles. The smallest absolute Gasteiger partial charge is 0.0946 e. The van der Waals surface area contributed by atoms with Gasteiger partial charge in [0.15, 0.2) is 0 Å². The SMILES string of the molecule is Cn1cnc(CCc2cccc(N)c2N)c1. The second-order valence-corrected chi connectivity index (χ2v) is 3.95. The third kappa shape index (κ3) is 2.16. The molecule has 1 heterocycles. The fourth-order valence-corrected chi connectivity index (χ4v) is 1.71. The van der Waals surface area contributed by atoms with Crippen molar-refractivity contribution in [1.82, 2.24) is 9.55 Å². The summed E-state index contributed by atoms with van der Waals surface area (Å²) in [4.78, 5) is 4.27. The number of hydrogen-bond donors (Lipinski definition) is 2. The molecular weight excluding hydrogens is 200 g/mol. The second kappa shape index (κ2) is 4.26. The number of aromatic nitrogens is 2. The lowest BCUT2D eigenvalue weighted by Gasteiger charge is -2.06. The first-order valence-corrected chi connectivity index (χ1v) is 5.26. The number of aryl methyl sites for hydroxylation is 3. The molecule has 0 bridgehead atoms. The molecule has 0 atom stereocenters. The zero-order valence-electron chi connectivity index (χ0n) is 9.35. The van der Waals surface area contributed by atoms with Gasteiger partial charge in [0, 0.05) is 13.2 Å². The summed E-state index contributed by atoms with van der Waals surface area (Å²) in [6, 6.07) is 5.76. The molecule has 0 unspecified atom stereocenters. The van der Waals surface area contributed by atoms with Crippen LogP contribution in [0.5, 0.6) is 0 Å². The maximum Gasteiger partial charge on any atom is 0.0946 e. The molecular formula is C12H16N4. The first-order valence-electron chi connectivity index (χ1n) is 5.26. The number of rotatable bonds is 3. The first-order chi connectivity index (χ1) is 7.66. The van der Waals surface area contributed by atoms with Crippen molar-refractivity contribution in [2.24, 2.45) is 7.05 Å². The molecule has 0 amide bonds. The van der Waals surface area contributed by atoms with Crippen molar-refractivity contribution in [3.63, 3.8) is 0 Å². The highest BCUT2D eigenvalue weighted by Gasteiger charge is 2.03. The van der Waals surface area contributed by atoms with Gasteiger partial charge in [0.05, 0.1) is 23.4 Å². The fourth-order valence-electron chi connectivity index (χ4n) is 1.71. The van der Waals surface area contributed by atoms with E-state index in [2.05, 4.69) is 4.98 Å². The van der Waals surface area contributed by atoms with E-state index < -0.39 is 0 Å². The first kappa shape index (κ1) is 10.5. The van der Waals surface area contributed by atoms with Gasteiger partial charge in [-0.15, -0.1) is 0 Å². The van der Waals surface area contributed by atoms with Crippen LogP contribution >= 0.6 is 0 Å². The van der Waals surface area contributed by atoms with Crippen molar-refractivity contribution >= 4 is 11.4 Å². The van der Waals surface area contributed by atoms with Gasteiger partial charge in [-0.05, 0) is 24.5 Å². The van der Waals surface area contributed by atoms with E-state index in [0.717, 1.165) is 24.1 Å². The highest BCUT2D eigenvalue weighted by atomic mass is 15.0. The Morgan fingerprint density at radius 2 is 2.06 bits per heavy atom.